The van der Waals surface area contributed by atoms with E-state index in [1.807, 2.05) is 19.1 Å². The van der Waals surface area contributed by atoms with Gasteiger partial charge in [0.15, 0.2) is 0 Å². The van der Waals surface area contributed by atoms with E-state index >= 15 is 0 Å². The van der Waals surface area contributed by atoms with Crippen LogP contribution in [0.5, 0.6) is 5.75 Å². The third kappa shape index (κ3) is 3.51. The molecule has 0 bridgehead atoms. The topological polar surface area (TPSA) is 66.8 Å². The van der Waals surface area contributed by atoms with Crippen LogP contribution in [0.25, 0.3) is 5.76 Å². The molecule has 0 spiro atoms. The Balaban J connectivity index is 1.84. The minimum atomic E-state index is -0.662. The van der Waals surface area contributed by atoms with Crippen LogP contribution >= 0.6 is 11.6 Å². The molecular formula is C23H22ClNO4. The highest BCUT2D eigenvalue weighted by Crippen LogP contribution is 2.40. The maximum Gasteiger partial charge on any atom is 0.295 e. The molecule has 2 aromatic rings. The first-order valence-corrected chi connectivity index (χ1v) is 10.2. The molecule has 1 atom stereocenters. The first-order valence-electron chi connectivity index (χ1n) is 9.81. The number of ether oxygens (including phenoxy) is 1. The summed E-state index contributed by atoms with van der Waals surface area (Å²) >= 11 is 6.01. The second kappa shape index (κ2) is 7.91. The Bertz CT molecular complexity index is 996. The van der Waals surface area contributed by atoms with Crippen molar-refractivity contribution in [3.05, 3.63) is 69.8 Å². The molecule has 150 valence electrons. The summed E-state index contributed by atoms with van der Waals surface area (Å²) in [4.78, 5) is 27.1. The Kier molecular flexibility index (Phi) is 5.33. The average Bonchev–Trinajstić information content (AvgIpc) is 2.99. The lowest BCUT2D eigenvalue weighted by Gasteiger charge is -2.25. The average molecular weight is 412 g/mol. The number of hydrogen-bond acceptors (Lipinski definition) is 4. The number of likely N-dealkylation sites (tertiary alicyclic amines) is 1. The molecule has 4 rings (SSSR count). The van der Waals surface area contributed by atoms with Crippen molar-refractivity contribution in [3.63, 3.8) is 0 Å². The molecule has 2 heterocycles. The van der Waals surface area contributed by atoms with Crippen LogP contribution in [0, 0.1) is 0 Å². The highest BCUT2D eigenvalue weighted by molar-refractivity contribution is 6.46. The smallest absolute Gasteiger partial charge is 0.295 e. The summed E-state index contributed by atoms with van der Waals surface area (Å²) in [6.07, 6.45) is 2.46. The zero-order valence-corrected chi connectivity index (χ0v) is 16.9. The molecule has 1 fully saturated rings. The molecule has 0 saturated carbocycles. The van der Waals surface area contributed by atoms with Gasteiger partial charge in [0.1, 0.15) is 11.5 Å². The Labute approximate surface area is 174 Å². The number of nitrogens with zero attached hydrogens (tertiary/aromatic N) is 1. The van der Waals surface area contributed by atoms with Crippen molar-refractivity contribution in [1.29, 1.82) is 0 Å². The van der Waals surface area contributed by atoms with Gasteiger partial charge >= 0.3 is 0 Å². The fraction of sp³-hybridized carbons (Fsp3) is 0.304. The normalized spacial score (nSPS) is 20.5. The lowest BCUT2D eigenvalue weighted by molar-refractivity contribution is -0.139. The predicted molar refractivity (Wildman–Crippen MR) is 111 cm³/mol. The van der Waals surface area contributed by atoms with Gasteiger partial charge in [-0.15, -0.1) is 0 Å². The molecule has 2 aromatic carbocycles. The number of carbonyl (C=O) groups excluding carboxylic acids is 2. The van der Waals surface area contributed by atoms with Crippen LogP contribution in [0.1, 0.15) is 42.5 Å². The molecule has 1 amide bonds. The molecule has 1 saturated heterocycles. The van der Waals surface area contributed by atoms with Gasteiger partial charge in [0.25, 0.3) is 11.7 Å². The molecule has 2 aliphatic rings. The standard InChI is InChI=1S/C23H22ClNO4/c1-2-11-25-20(14-5-8-17(24)9-6-14)19(22(27)23(25)28)21(26)16-7-10-18-15(13-16)4-3-12-29-18/h5-10,13,20,26H,2-4,11-12H2,1H3/b21-19-. The highest BCUT2D eigenvalue weighted by atomic mass is 35.5. The van der Waals surface area contributed by atoms with Crippen LogP contribution in [-0.2, 0) is 16.0 Å². The van der Waals surface area contributed by atoms with Crippen LogP contribution < -0.4 is 4.74 Å². The summed E-state index contributed by atoms with van der Waals surface area (Å²) in [5.41, 5.74) is 2.36. The first kappa shape index (κ1) is 19.5. The highest BCUT2D eigenvalue weighted by Gasteiger charge is 2.45. The number of aliphatic hydroxyl groups excluding tert-OH is 1. The molecule has 2 aliphatic heterocycles. The van der Waals surface area contributed by atoms with Gasteiger partial charge in [-0.05, 0) is 60.7 Å². The molecule has 29 heavy (non-hydrogen) atoms. The molecule has 0 radical (unpaired) electrons. The van der Waals surface area contributed by atoms with Crippen molar-refractivity contribution in [3.8, 4) is 5.75 Å². The number of carbonyl (C=O) groups is 2. The molecule has 6 heteroatoms. The Morgan fingerprint density at radius 1 is 1.21 bits per heavy atom. The number of aliphatic hydroxyl groups is 1. The number of halogens is 1. The number of ketones is 1. The van der Waals surface area contributed by atoms with Gasteiger partial charge < -0.3 is 14.7 Å². The number of Topliss-reactive ketones (excluding diaryl/α,β-unsaturated/α-hetero) is 1. The monoisotopic (exact) mass is 411 g/mol. The molecule has 0 aliphatic carbocycles. The largest absolute Gasteiger partial charge is 0.507 e. The quantitative estimate of drug-likeness (QED) is 0.457. The Morgan fingerprint density at radius 2 is 1.97 bits per heavy atom. The maximum atomic E-state index is 12.9. The zero-order valence-electron chi connectivity index (χ0n) is 16.2. The number of benzene rings is 2. The van der Waals surface area contributed by atoms with E-state index in [0.717, 1.165) is 29.7 Å². The lowest BCUT2D eigenvalue weighted by atomic mass is 9.94. The van der Waals surface area contributed by atoms with Gasteiger partial charge in [-0.2, -0.15) is 0 Å². The number of rotatable bonds is 4. The summed E-state index contributed by atoms with van der Waals surface area (Å²) in [5.74, 6) is -0.608. The van der Waals surface area contributed by atoms with E-state index in [-0.39, 0.29) is 11.3 Å². The van der Waals surface area contributed by atoms with Gasteiger partial charge in [0.2, 0.25) is 0 Å². The fourth-order valence-electron chi connectivity index (χ4n) is 4.01. The number of hydrogen-bond donors (Lipinski definition) is 1. The van der Waals surface area contributed by atoms with Gasteiger partial charge in [-0.3, -0.25) is 9.59 Å². The fourth-order valence-corrected chi connectivity index (χ4v) is 4.13. The SMILES string of the molecule is CCCN1C(=O)C(=O)/C(=C(\O)c2ccc3c(c2)CCCO3)C1c1ccc(Cl)cc1. The van der Waals surface area contributed by atoms with Gasteiger partial charge in [-0.1, -0.05) is 30.7 Å². The minimum Gasteiger partial charge on any atom is -0.507 e. The number of fused-ring (bicyclic) bond motifs is 1. The van der Waals surface area contributed by atoms with Crippen molar-refractivity contribution < 1.29 is 19.4 Å². The van der Waals surface area contributed by atoms with Crippen molar-refractivity contribution >= 4 is 29.1 Å². The summed E-state index contributed by atoms with van der Waals surface area (Å²) in [6.45, 7) is 3.05. The second-order valence-corrected chi connectivity index (χ2v) is 7.75. The third-order valence-electron chi connectivity index (χ3n) is 5.37. The van der Waals surface area contributed by atoms with Crippen molar-refractivity contribution in [2.45, 2.75) is 32.2 Å². The lowest BCUT2D eigenvalue weighted by Crippen LogP contribution is -2.30. The molecule has 1 N–H and O–H groups in total. The molecular weight excluding hydrogens is 390 g/mol. The zero-order chi connectivity index (χ0) is 20.5. The molecule has 1 unspecified atom stereocenters. The van der Waals surface area contributed by atoms with Gasteiger partial charge in [0.05, 0.1) is 18.2 Å². The van der Waals surface area contributed by atoms with Crippen LogP contribution in [0.2, 0.25) is 5.02 Å². The van der Waals surface area contributed by atoms with E-state index in [4.69, 9.17) is 16.3 Å². The predicted octanol–water partition coefficient (Wildman–Crippen LogP) is 4.50. The van der Waals surface area contributed by atoms with Crippen LogP contribution in [0.3, 0.4) is 0 Å². The number of aryl methyl sites for hydroxylation is 1. The van der Waals surface area contributed by atoms with E-state index in [1.54, 1.807) is 30.3 Å². The Morgan fingerprint density at radius 3 is 2.69 bits per heavy atom. The minimum absolute atomic E-state index is 0.113. The summed E-state index contributed by atoms with van der Waals surface area (Å²) in [6, 6.07) is 11.8. The van der Waals surface area contributed by atoms with Gasteiger partial charge in [-0.25, -0.2) is 0 Å². The van der Waals surface area contributed by atoms with E-state index in [1.165, 1.54) is 4.90 Å². The summed E-state index contributed by atoms with van der Waals surface area (Å²) in [7, 11) is 0. The van der Waals surface area contributed by atoms with Crippen molar-refractivity contribution in [2.75, 3.05) is 13.2 Å². The van der Waals surface area contributed by atoms with Crippen LogP contribution in [0.15, 0.2) is 48.0 Å². The van der Waals surface area contributed by atoms with Crippen molar-refractivity contribution in [1.82, 2.24) is 4.90 Å². The molecule has 0 aromatic heterocycles. The van der Waals surface area contributed by atoms with E-state index in [9.17, 15) is 14.7 Å². The Hall–Kier alpha value is -2.79. The number of amides is 1. The summed E-state index contributed by atoms with van der Waals surface area (Å²) in [5, 5.41) is 11.7. The van der Waals surface area contributed by atoms with Crippen molar-refractivity contribution in [2.24, 2.45) is 0 Å². The van der Waals surface area contributed by atoms with Gasteiger partial charge in [0, 0.05) is 17.1 Å². The van der Waals surface area contributed by atoms with E-state index in [2.05, 4.69) is 0 Å². The van der Waals surface area contributed by atoms with Crippen LogP contribution in [0.4, 0.5) is 0 Å². The maximum absolute atomic E-state index is 12.9. The second-order valence-electron chi connectivity index (χ2n) is 7.32. The van der Waals surface area contributed by atoms with E-state index in [0.29, 0.717) is 30.2 Å². The summed E-state index contributed by atoms with van der Waals surface area (Å²) < 4.78 is 5.63. The third-order valence-corrected chi connectivity index (χ3v) is 5.62. The first-order chi connectivity index (χ1) is 14.0. The molecule has 5 nitrogen and oxygen atoms in total. The van der Waals surface area contributed by atoms with E-state index < -0.39 is 17.7 Å². The van der Waals surface area contributed by atoms with Crippen LogP contribution in [-0.4, -0.2) is 34.8 Å².